The lowest BCUT2D eigenvalue weighted by molar-refractivity contribution is -0.134. The number of ether oxygens (including phenoxy) is 1. The molecule has 7 heteroatoms. The van der Waals surface area contributed by atoms with Crippen LogP contribution in [0.3, 0.4) is 0 Å². The fraction of sp³-hybridized carbons (Fsp3) is 0.0741. The quantitative estimate of drug-likeness (QED) is 0.0943. The third kappa shape index (κ3) is 4.09. The number of carbonyl (C=O) groups is 1. The summed E-state index contributed by atoms with van der Waals surface area (Å²) in [6, 6.07) is 29.9. The summed E-state index contributed by atoms with van der Waals surface area (Å²) in [6.45, 7) is 3.50. The van der Waals surface area contributed by atoms with E-state index in [-0.39, 0.29) is 23.0 Å². The van der Waals surface area contributed by atoms with Crippen molar-refractivity contribution in [1.29, 1.82) is 0 Å². The Morgan fingerprint density at radius 1 is 0.971 bits per heavy atom. The van der Waals surface area contributed by atoms with Crippen molar-refractivity contribution in [3.8, 4) is 0 Å². The fourth-order valence-electron chi connectivity index (χ4n) is 3.98. The maximum Gasteiger partial charge on any atom is 0.363 e. The standard InChI is InChI=1S/C27H23N3O3S/c1-2-18-33-25(31)23(30-32)22-24(28)34-26(29-22)27(19-12-6-3-7-13-19,20-14-8-4-9-15-20)21-16-10-5-11-17-21/h2-17,32H,1,18,28H2/b30-23-. The second-order valence-corrected chi connectivity index (χ2v) is 8.45. The molecule has 0 fully saturated rings. The third-order valence-electron chi connectivity index (χ3n) is 5.44. The minimum atomic E-state index is -0.837. The SMILES string of the molecule is C=CCOC(=O)/C(=N\O)c1nc(C(c2ccccc2)(c2ccccc2)c2ccccc2)sc1N. The van der Waals surface area contributed by atoms with Crippen molar-refractivity contribution < 1.29 is 14.7 Å². The first kappa shape index (κ1) is 22.9. The monoisotopic (exact) mass is 469 g/mol. The van der Waals surface area contributed by atoms with Crippen molar-refractivity contribution in [3.63, 3.8) is 0 Å². The number of oxime groups is 1. The van der Waals surface area contributed by atoms with Gasteiger partial charge >= 0.3 is 5.97 Å². The third-order valence-corrected chi connectivity index (χ3v) is 6.45. The van der Waals surface area contributed by atoms with Gasteiger partial charge in [-0.05, 0) is 16.7 Å². The normalized spacial score (nSPS) is 11.7. The van der Waals surface area contributed by atoms with Crippen LogP contribution < -0.4 is 5.73 Å². The summed E-state index contributed by atoms with van der Waals surface area (Å²) in [6.07, 6.45) is 1.42. The van der Waals surface area contributed by atoms with Gasteiger partial charge < -0.3 is 15.7 Å². The van der Waals surface area contributed by atoms with Crippen molar-refractivity contribution in [2.75, 3.05) is 12.3 Å². The van der Waals surface area contributed by atoms with Gasteiger partial charge in [-0.2, -0.15) is 0 Å². The van der Waals surface area contributed by atoms with Gasteiger partial charge in [0.25, 0.3) is 0 Å². The first-order valence-corrected chi connectivity index (χ1v) is 11.4. The van der Waals surface area contributed by atoms with Crippen LogP contribution in [0.4, 0.5) is 5.00 Å². The fourth-order valence-corrected chi connectivity index (χ4v) is 5.08. The van der Waals surface area contributed by atoms with Crippen LogP contribution in [0.2, 0.25) is 0 Å². The topological polar surface area (TPSA) is 97.8 Å². The molecule has 0 atom stereocenters. The van der Waals surface area contributed by atoms with Gasteiger partial charge in [0.1, 0.15) is 22.3 Å². The molecule has 0 unspecified atom stereocenters. The molecule has 0 bridgehead atoms. The highest BCUT2D eigenvalue weighted by Gasteiger charge is 2.42. The smallest absolute Gasteiger partial charge is 0.363 e. The number of rotatable bonds is 8. The minimum absolute atomic E-state index is 0.0310. The van der Waals surface area contributed by atoms with Gasteiger partial charge in [0, 0.05) is 0 Å². The summed E-state index contributed by atoms with van der Waals surface area (Å²) in [5, 5.41) is 13.6. The zero-order valence-corrected chi connectivity index (χ0v) is 19.1. The lowest BCUT2D eigenvalue weighted by Gasteiger charge is -2.34. The summed E-state index contributed by atoms with van der Waals surface area (Å²) < 4.78 is 5.06. The molecule has 3 N–H and O–H groups in total. The average Bonchev–Trinajstić information content (AvgIpc) is 3.27. The van der Waals surface area contributed by atoms with Gasteiger partial charge in [-0.1, -0.05) is 120 Å². The van der Waals surface area contributed by atoms with E-state index in [4.69, 9.17) is 15.5 Å². The first-order valence-electron chi connectivity index (χ1n) is 10.6. The number of nitrogens with zero attached hydrogens (tertiary/aromatic N) is 2. The average molecular weight is 470 g/mol. The minimum Gasteiger partial charge on any atom is -0.457 e. The molecule has 0 radical (unpaired) electrons. The van der Waals surface area contributed by atoms with Crippen molar-refractivity contribution in [3.05, 3.63) is 131 Å². The maximum atomic E-state index is 12.5. The number of hydrogen-bond donors (Lipinski definition) is 2. The van der Waals surface area contributed by atoms with Crippen LogP contribution in [0.15, 0.2) is 109 Å². The number of hydrogen-bond acceptors (Lipinski definition) is 7. The van der Waals surface area contributed by atoms with E-state index in [1.54, 1.807) is 0 Å². The lowest BCUT2D eigenvalue weighted by atomic mass is 9.70. The highest BCUT2D eigenvalue weighted by atomic mass is 32.1. The van der Waals surface area contributed by atoms with Gasteiger partial charge in [0.2, 0.25) is 5.71 Å². The Kier molecular flexibility index (Phi) is 6.85. The second-order valence-electron chi connectivity index (χ2n) is 7.42. The Balaban J connectivity index is 2.01. The molecule has 0 amide bonds. The molecule has 1 aromatic heterocycles. The van der Waals surface area contributed by atoms with Gasteiger partial charge in [0.05, 0.1) is 5.41 Å². The number of benzene rings is 3. The predicted molar refractivity (Wildman–Crippen MR) is 134 cm³/mol. The van der Waals surface area contributed by atoms with E-state index in [9.17, 15) is 10.0 Å². The molecular formula is C27H23N3O3S. The molecule has 3 aromatic carbocycles. The number of anilines is 1. The summed E-state index contributed by atoms with van der Waals surface area (Å²) >= 11 is 1.24. The molecule has 0 saturated heterocycles. The highest BCUT2D eigenvalue weighted by Crippen LogP contribution is 2.47. The van der Waals surface area contributed by atoms with Crippen LogP contribution in [-0.2, 0) is 14.9 Å². The lowest BCUT2D eigenvalue weighted by Crippen LogP contribution is -2.31. The van der Waals surface area contributed by atoms with E-state index in [0.717, 1.165) is 16.7 Å². The Bertz CT molecular complexity index is 1210. The number of nitrogens with two attached hydrogens (primary N) is 1. The Labute approximate surface area is 201 Å². The van der Waals surface area contributed by atoms with Gasteiger partial charge in [-0.25, -0.2) is 9.78 Å². The molecule has 1 heterocycles. The molecule has 4 aromatic rings. The molecule has 0 aliphatic carbocycles. The summed E-state index contributed by atoms with van der Waals surface area (Å²) in [4.78, 5) is 17.3. The van der Waals surface area contributed by atoms with Crippen molar-refractivity contribution in [1.82, 2.24) is 4.98 Å². The largest absolute Gasteiger partial charge is 0.457 e. The van der Waals surface area contributed by atoms with Crippen LogP contribution in [0.5, 0.6) is 0 Å². The summed E-state index contributed by atoms with van der Waals surface area (Å²) in [5.74, 6) is -0.837. The van der Waals surface area contributed by atoms with E-state index >= 15 is 0 Å². The molecule has 6 nitrogen and oxygen atoms in total. The Morgan fingerprint density at radius 3 is 1.85 bits per heavy atom. The first-order chi connectivity index (χ1) is 16.6. The molecule has 0 aliphatic heterocycles. The van der Waals surface area contributed by atoms with Gasteiger partial charge in [-0.15, -0.1) is 0 Å². The Hall–Kier alpha value is -4.23. The number of nitrogen functional groups attached to an aromatic ring is 1. The van der Waals surface area contributed by atoms with Crippen LogP contribution in [0, 0.1) is 0 Å². The molecule has 4 rings (SSSR count). The van der Waals surface area contributed by atoms with E-state index < -0.39 is 11.4 Å². The van der Waals surface area contributed by atoms with E-state index in [2.05, 4.69) is 11.7 Å². The number of aromatic nitrogens is 1. The molecule has 0 saturated carbocycles. The molecule has 34 heavy (non-hydrogen) atoms. The highest BCUT2D eigenvalue weighted by molar-refractivity contribution is 7.16. The number of esters is 1. The molecule has 0 spiro atoms. The van der Waals surface area contributed by atoms with Crippen molar-refractivity contribution in [2.24, 2.45) is 5.16 Å². The summed E-state index contributed by atoms with van der Waals surface area (Å²) in [5.41, 5.74) is 8.17. The van der Waals surface area contributed by atoms with Crippen LogP contribution in [0.25, 0.3) is 0 Å². The zero-order chi connectivity index (χ0) is 24.0. The molecule has 0 aliphatic rings. The predicted octanol–water partition coefficient (Wildman–Crippen LogP) is 5.02. The molecular weight excluding hydrogens is 446 g/mol. The van der Waals surface area contributed by atoms with E-state index in [1.807, 2.05) is 91.0 Å². The number of carbonyl (C=O) groups excluding carboxylic acids is 1. The summed E-state index contributed by atoms with van der Waals surface area (Å²) in [7, 11) is 0. The Morgan fingerprint density at radius 2 is 1.44 bits per heavy atom. The van der Waals surface area contributed by atoms with Gasteiger partial charge in [-0.3, -0.25) is 0 Å². The van der Waals surface area contributed by atoms with Crippen molar-refractivity contribution in [2.45, 2.75) is 5.41 Å². The number of thiazole rings is 1. The van der Waals surface area contributed by atoms with Gasteiger partial charge in [0.15, 0.2) is 0 Å². The van der Waals surface area contributed by atoms with Crippen LogP contribution >= 0.6 is 11.3 Å². The van der Waals surface area contributed by atoms with E-state index in [1.165, 1.54) is 17.4 Å². The van der Waals surface area contributed by atoms with Crippen LogP contribution in [0.1, 0.15) is 27.4 Å². The zero-order valence-electron chi connectivity index (χ0n) is 18.3. The van der Waals surface area contributed by atoms with Crippen molar-refractivity contribution >= 4 is 28.0 Å². The van der Waals surface area contributed by atoms with Crippen LogP contribution in [-0.4, -0.2) is 28.5 Å². The second kappa shape index (κ2) is 10.1. The van der Waals surface area contributed by atoms with E-state index in [0.29, 0.717) is 5.01 Å². The molecule has 170 valence electrons. The maximum absolute atomic E-state index is 12.5.